The standard InChI is InChI=1S/C38H39N5O4S/c44-35(30-5-3-18-39-34(30)42-20-14-38(15-21-42)16-22-47-23-17-38)40-27-9-7-25(8-10-27)37(46)43-19-13-26-24-32(36(45)41-28-11-12-28)48-33(26)29-4-1-2-6-31(29)43/h1-10,18,24,28H,11-17,19-23H2,(H,40,44)(H,41,45). The Morgan fingerprint density at radius 3 is 2.42 bits per heavy atom. The number of pyridine rings is 1. The number of para-hydroxylation sites is 1. The molecular formula is C38H39N5O4S. The molecule has 2 aromatic heterocycles. The van der Waals surface area contributed by atoms with Crippen LogP contribution in [-0.4, -0.2) is 61.6 Å². The predicted octanol–water partition coefficient (Wildman–Crippen LogP) is 6.55. The van der Waals surface area contributed by atoms with E-state index in [1.165, 1.54) is 11.3 Å². The molecule has 1 spiro atoms. The Kier molecular flexibility index (Phi) is 8.22. The Hall–Kier alpha value is -4.54. The maximum absolute atomic E-state index is 13.9. The van der Waals surface area contributed by atoms with Gasteiger partial charge < -0.3 is 25.2 Å². The normalized spacial score (nSPS) is 18.4. The lowest BCUT2D eigenvalue weighted by Crippen LogP contribution is -2.43. The highest BCUT2D eigenvalue weighted by atomic mass is 32.1. The first-order valence-corrected chi connectivity index (χ1v) is 17.8. The maximum atomic E-state index is 13.9. The van der Waals surface area contributed by atoms with Crippen LogP contribution in [0.3, 0.4) is 0 Å². The topological polar surface area (TPSA) is 104 Å². The Morgan fingerprint density at radius 2 is 1.65 bits per heavy atom. The van der Waals surface area contributed by atoms with Crippen LogP contribution in [0.4, 0.5) is 17.2 Å². The van der Waals surface area contributed by atoms with Crippen molar-refractivity contribution in [2.24, 2.45) is 5.41 Å². The molecule has 3 fully saturated rings. The average Bonchev–Trinajstić information content (AvgIpc) is 3.87. The Balaban J connectivity index is 0.957. The number of nitrogens with one attached hydrogen (secondary N) is 2. The first kappa shape index (κ1) is 30.8. The Bertz CT molecular complexity index is 1850. The van der Waals surface area contributed by atoms with E-state index < -0.39 is 0 Å². The summed E-state index contributed by atoms with van der Waals surface area (Å²) in [5.41, 5.74) is 4.92. The molecule has 1 aliphatic carbocycles. The molecule has 0 bridgehead atoms. The van der Waals surface area contributed by atoms with Crippen molar-refractivity contribution in [3.8, 4) is 10.4 Å². The van der Waals surface area contributed by atoms with Crippen LogP contribution in [0.5, 0.6) is 0 Å². The van der Waals surface area contributed by atoms with Gasteiger partial charge in [-0.15, -0.1) is 11.3 Å². The minimum atomic E-state index is -0.221. The van der Waals surface area contributed by atoms with Gasteiger partial charge in [0, 0.05) is 66.8 Å². The largest absolute Gasteiger partial charge is 0.381 e. The van der Waals surface area contributed by atoms with Crippen LogP contribution in [0, 0.1) is 5.41 Å². The second-order valence-corrected chi connectivity index (χ2v) is 14.5. The average molecular weight is 662 g/mol. The highest BCUT2D eigenvalue weighted by Gasteiger charge is 2.37. The van der Waals surface area contributed by atoms with E-state index in [4.69, 9.17) is 4.74 Å². The van der Waals surface area contributed by atoms with Crippen LogP contribution >= 0.6 is 11.3 Å². The molecule has 3 amide bonds. The fourth-order valence-electron chi connectivity index (χ4n) is 7.28. The van der Waals surface area contributed by atoms with Crippen molar-refractivity contribution >= 4 is 46.3 Å². The zero-order chi connectivity index (χ0) is 32.7. The molecule has 0 atom stereocenters. The molecule has 2 aromatic carbocycles. The third-order valence-corrected chi connectivity index (χ3v) is 11.5. The number of hydrogen-bond acceptors (Lipinski definition) is 7. The Morgan fingerprint density at radius 1 is 0.875 bits per heavy atom. The fourth-order valence-corrected chi connectivity index (χ4v) is 8.42. The minimum absolute atomic E-state index is 0.0112. The van der Waals surface area contributed by atoms with Crippen LogP contribution in [0.15, 0.2) is 72.9 Å². The number of piperidine rings is 1. The van der Waals surface area contributed by atoms with E-state index in [1.54, 1.807) is 36.5 Å². The van der Waals surface area contributed by atoms with Gasteiger partial charge in [-0.1, -0.05) is 18.2 Å². The van der Waals surface area contributed by atoms with Crippen molar-refractivity contribution < 1.29 is 19.1 Å². The molecule has 5 heterocycles. The predicted molar refractivity (Wildman–Crippen MR) is 188 cm³/mol. The van der Waals surface area contributed by atoms with E-state index in [2.05, 4.69) is 20.5 Å². The summed E-state index contributed by atoms with van der Waals surface area (Å²) in [6, 6.07) is 20.9. The van der Waals surface area contributed by atoms with Gasteiger partial charge in [0.15, 0.2) is 0 Å². The number of amides is 3. The molecule has 246 valence electrons. The van der Waals surface area contributed by atoms with E-state index in [0.717, 1.165) is 91.4 Å². The van der Waals surface area contributed by atoms with Crippen LogP contribution in [0.1, 0.15) is 74.5 Å². The molecule has 3 aliphatic heterocycles. The van der Waals surface area contributed by atoms with Crippen molar-refractivity contribution in [3.63, 3.8) is 0 Å². The maximum Gasteiger partial charge on any atom is 0.261 e. The number of anilines is 3. The summed E-state index contributed by atoms with van der Waals surface area (Å²) in [6.07, 6.45) is 8.87. The number of rotatable bonds is 6. The summed E-state index contributed by atoms with van der Waals surface area (Å²) in [5.74, 6) is 0.376. The van der Waals surface area contributed by atoms with Crippen molar-refractivity contribution in [3.05, 3.63) is 94.5 Å². The molecule has 0 radical (unpaired) electrons. The van der Waals surface area contributed by atoms with Crippen LogP contribution < -0.4 is 20.4 Å². The molecule has 2 N–H and O–H groups in total. The summed E-state index contributed by atoms with van der Waals surface area (Å²) in [6.45, 7) is 3.92. The van der Waals surface area contributed by atoms with Crippen LogP contribution in [0.25, 0.3) is 10.4 Å². The second-order valence-electron chi connectivity index (χ2n) is 13.4. The number of benzene rings is 2. The monoisotopic (exact) mass is 661 g/mol. The van der Waals surface area contributed by atoms with E-state index in [0.29, 0.717) is 47.1 Å². The molecule has 2 saturated heterocycles. The second kappa shape index (κ2) is 12.8. The van der Waals surface area contributed by atoms with E-state index >= 15 is 0 Å². The third-order valence-electron chi connectivity index (χ3n) is 10.3. The third kappa shape index (κ3) is 6.10. The van der Waals surface area contributed by atoms with E-state index in [-0.39, 0.29) is 17.7 Å². The number of ether oxygens (including phenoxy) is 1. The summed E-state index contributed by atoms with van der Waals surface area (Å²) >= 11 is 1.50. The Labute approximate surface area is 284 Å². The van der Waals surface area contributed by atoms with Gasteiger partial charge in [-0.05, 0) is 104 Å². The highest BCUT2D eigenvalue weighted by Crippen LogP contribution is 2.43. The number of hydrogen-bond donors (Lipinski definition) is 2. The van der Waals surface area contributed by atoms with Gasteiger partial charge in [0.05, 0.1) is 16.1 Å². The zero-order valence-corrected chi connectivity index (χ0v) is 27.7. The number of carbonyl (C=O) groups is 3. The number of thiophene rings is 1. The van der Waals surface area contributed by atoms with Gasteiger partial charge in [0.25, 0.3) is 17.7 Å². The van der Waals surface area contributed by atoms with Gasteiger partial charge in [-0.2, -0.15) is 0 Å². The lowest BCUT2D eigenvalue weighted by atomic mass is 9.72. The number of fused-ring (bicyclic) bond motifs is 3. The lowest BCUT2D eigenvalue weighted by Gasteiger charge is -2.44. The summed E-state index contributed by atoms with van der Waals surface area (Å²) in [7, 11) is 0. The molecule has 9 nitrogen and oxygen atoms in total. The summed E-state index contributed by atoms with van der Waals surface area (Å²) in [5, 5.41) is 6.12. The highest BCUT2D eigenvalue weighted by molar-refractivity contribution is 7.17. The molecule has 4 aromatic rings. The smallest absolute Gasteiger partial charge is 0.261 e. The number of carbonyl (C=O) groups excluding carboxylic acids is 3. The number of aromatic nitrogens is 1. The SMILES string of the molecule is O=C(NC1CC1)c1cc2c(s1)-c1ccccc1N(C(=O)c1ccc(NC(=O)c3cccnc3N3CCC4(CCOCC4)CC3)cc1)CC2. The molecular weight excluding hydrogens is 623 g/mol. The van der Waals surface area contributed by atoms with Gasteiger partial charge in [0.2, 0.25) is 0 Å². The van der Waals surface area contributed by atoms with Crippen LogP contribution in [-0.2, 0) is 11.2 Å². The van der Waals surface area contributed by atoms with Gasteiger partial charge >= 0.3 is 0 Å². The lowest BCUT2D eigenvalue weighted by molar-refractivity contribution is 0.00205. The van der Waals surface area contributed by atoms with E-state index in [9.17, 15) is 14.4 Å². The quantitative estimate of drug-likeness (QED) is 0.243. The molecule has 0 unspecified atom stereocenters. The molecule has 4 aliphatic rings. The first-order valence-electron chi connectivity index (χ1n) is 17.0. The first-order chi connectivity index (χ1) is 23.5. The molecule has 1 saturated carbocycles. The van der Waals surface area contributed by atoms with Crippen molar-refractivity contribution in [2.45, 2.75) is 51.0 Å². The van der Waals surface area contributed by atoms with Gasteiger partial charge in [0.1, 0.15) is 5.82 Å². The van der Waals surface area contributed by atoms with Crippen molar-refractivity contribution in [1.82, 2.24) is 10.3 Å². The van der Waals surface area contributed by atoms with E-state index in [1.807, 2.05) is 41.3 Å². The summed E-state index contributed by atoms with van der Waals surface area (Å²) < 4.78 is 5.60. The van der Waals surface area contributed by atoms with Crippen LogP contribution in [0.2, 0.25) is 0 Å². The molecule has 10 heteroatoms. The van der Waals surface area contributed by atoms with Crippen molar-refractivity contribution in [1.29, 1.82) is 0 Å². The molecule has 48 heavy (non-hydrogen) atoms. The zero-order valence-electron chi connectivity index (χ0n) is 26.9. The van der Waals surface area contributed by atoms with Gasteiger partial charge in [-0.25, -0.2) is 4.98 Å². The number of nitrogens with zero attached hydrogens (tertiary/aromatic N) is 3. The summed E-state index contributed by atoms with van der Waals surface area (Å²) in [4.78, 5) is 50.7. The van der Waals surface area contributed by atoms with Crippen molar-refractivity contribution in [2.75, 3.05) is 48.0 Å². The van der Waals surface area contributed by atoms with Gasteiger partial charge in [-0.3, -0.25) is 14.4 Å². The molecule has 8 rings (SSSR count). The minimum Gasteiger partial charge on any atom is -0.381 e. The fraction of sp³-hybridized carbons (Fsp3) is 0.368.